The molecule has 1 heterocycles. The van der Waals surface area contributed by atoms with E-state index in [-0.39, 0.29) is 24.4 Å². The first kappa shape index (κ1) is 24.1. The largest absolute Gasteiger partial charge is 0.396 e. The summed E-state index contributed by atoms with van der Waals surface area (Å²) in [5.74, 6) is -0.132. The van der Waals surface area contributed by atoms with Crippen LogP contribution < -0.4 is 5.32 Å². The van der Waals surface area contributed by atoms with E-state index in [1.54, 1.807) is 6.07 Å². The maximum absolute atomic E-state index is 14.1. The van der Waals surface area contributed by atoms with Crippen molar-refractivity contribution in [3.8, 4) is 11.3 Å². The molecular formula is C31H31FN2O2. The number of amides is 1. The van der Waals surface area contributed by atoms with Gasteiger partial charge in [-0.3, -0.25) is 4.79 Å². The molecule has 0 aliphatic heterocycles. The molecule has 1 aliphatic carbocycles. The predicted molar refractivity (Wildman–Crippen MR) is 141 cm³/mol. The van der Waals surface area contributed by atoms with Crippen LogP contribution in [-0.4, -0.2) is 22.6 Å². The lowest BCUT2D eigenvalue weighted by Gasteiger charge is -2.22. The Hall–Kier alpha value is -3.57. The highest BCUT2D eigenvalue weighted by Gasteiger charge is 2.34. The summed E-state index contributed by atoms with van der Waals surface area (Å²) in [6, 6.07) is 24.1. The SMILES string of the molecule is O=C(NC(c1cccc(F)c1)C1CC1)c1c(CCCCCO)c(-c2ccccc2)nc2ccccc12. The minimum Gasteiger partial charge on any atom is -0.396 e. The van der Waals surface area contributed by atoms with Crippen LogP contribution in [0.2, 0.25) is 0 Å². The fourth-order valence-electron chi connectivity index (χ4n) is 5.00. The van der Waals surface area contributed by atoms with E-state index in [0.717, 1.165) is 65.4 Å². The number of halogens is 1. The number of carbonyl (C=O) groups is 1. The van der Waals surface area contributed by atoms with E-state index in [9.17, 15) is 14.3 Å². The molecule has 1 saturated carbocycles. The second-order valence-corrected chi connectivity index (χ2v) is 9.57. The summed E-state index contributed by atoms with van der Waals surface area (Å²) < 4.78 is 14.0. The monoisotopic (exact) mass is 482 g/mol. The Morgan fingerprint density at radius 1 is 0.972 bits per heavy atom. The van der Waals surface area contributed by atoms with Gasteiger partial charge in [0.1, 0.15) is 5.82 Å². The molecule has 0 radical (unpaired) electrons. The molecule has 36 heavy (non-hydrogen) atoms. The molecular weight excluding hydrogens is 451 g/mol. The Morgan fingerprint density at radius 3 is 2.50 bits per heavy atom. The lowest BCUT2D eigenvalue weighted by molar-refractivity contribution is 0.0932. The molecule has 184 valence electrons. The van der Waals surface area contributed by atoms with Crippen LogP contribution in [0.5, 0.6) is 0 Å². The van der Waals surface area contributed by atoms with Gasteiger partial charge in [-0.05, 0) is 67.3 Å². The molecule has 0 bridgehead atoms. The molecule has 4 nitrogen and oxygen atoms in total. The van der Waals surface area contributed by atoms with Crippen molar-refractivity contribution in [3.63, 3.8) is 0 Å². The van der Waals surface area contributed by atoms with Crippen molar-refractivity contribution in [2.75, 3.05) is 6.61 Å². The first-order valence-corrected chi connectivity index (χ1v) is 12.8. The second-order valence-electron chi connectivity index (χ2n) is 9.57. The summed E-state index contributed by atoms with van der Waals surface area (Å²) in [5, 5.41) is 13.4. The average molecular weight is 483 g/mol. The second kappa shape index (κ2) is 11.0. The van der Waals surface area contributed by atoms with Crippen molar-refractivity contribution in [2.24, 2.45) is 5.92 Å². The highest BCUT2D eigenvalue weighted by molar-refractivity contribution is 6.09. The molecule has 1 atom stereocenters. The van der Waals surface area contributed by atoms with E-state index in [1.165, 1.54) is 12.1 Å². The topological polar surface area (TPSA) is 62.2 Å². The summed E-state index contributed by atoms with van der Waals surface area (Å²) in [6.07, 6.45) is 5.15. The highest BCUT2D eigenvalue weighted by atomic mass is 19.1. The van der Waals surface area contributed by atoms with E-state index in [2.05, 4.69) is 5.32 Å². The van der Waals surface area contributed by atoms with E-state index < -0.39 is 0 Å². The third-order valence-electron chi connectivity index (χ3n) is 6.94. The van der Waals surface area contributed by atoms with E-state index in [1.807, 2.05) is 60.7 Å². The van der Waals surface area contributed by atoms with E-state index in [4.69, 9.17) is 4.98 Å². The fourth-order valence-corrected chi connectivity index (χ4v) is 5.00. The number of aromatic nitrogens is 1. The van der Waals surface area contributed by atoms with Gasteiger partial charge in [0.25, 0.3) is 5.91 Å². The maximum atomic E-state index is 14.1. The number of hydrogen-bond acceptors (Lipinski definition) is 3. The third kappa shape index (κ3) is 5.31. The van der Waals surface area contributed by atoms with Gasteiger partial charge in [-0.25, -0.2) is 9.37 Å². The number of carbonyl (C=O) groups excluding carboxylic acids is 1. The Kier molecular flexibility index (Phi) is 7.38. The quantitative estimate of drug-likeness (QED) is 0.250. The number of nitrogens with one attached hydrogen (secondary N) is 1. The van der Waals surface area contributed by atoms with Crippen molar-refractivity contribution in [1.29, 1.82) is 0 Å². The smallest absolute Gasteiger partial charge is 0.252 e. The van der Waals surface area contributed by atoms with Crippen LogP contribution in [-0.2, 0) is 6.42 Å². The number of pyridine rings is 1. The molecule has 5 heteroatoms. The van der Waals surface area contributed by atoms with E-state index in [0.29, 0.717) is 17.9 Å². The molecule has 1 aliphatic rings. The average Bonchev–Trinajstić information content (AvgIpc) is 3.75. The molecule has 3 aromatic carbocycles. The first-order chi connectivity index (χ1) is 17.7. The zero-order valence-electron chi connectivity index (χ0n) is 20.3. The van der Waals surface area contributed by atoms with Crippen LogP contribution in [0.3, 0.4) is 0 Å². The van der Waals surface area contributed by atoms with Crippen molar-refractivity contribution in [3.05, 3.63) is 101 Å². The number of rotatable bonds is 10. The van der Waals surface area contributed by atoms with Gasteiger partial charge in [-0.2, -0.15) is 0 Å². The number of fused-ring (bicyclic) bond motifs is 1. The number of para-hydroxylation sites is 1. The maximum Gasteiger partial charge on any atom is 0.252 e. The van der Waals surface area contributed by atoms with Crippen LogP contribution in [0.25, 0.3) is 22.2 Å². The standard InChI is InChI=1S/C31H31FN2O2/c32-24-13-9-12-23(20-24)29(22-17-18-22)34-31(36)28-25-14-6-7-16-27(25)33-30(21-10-3-1-4-11-21)26(28)15-5-2-8-19-35/h1,3-4,6-7,9-14,16,20,22,29,35H,2,5,8,15,17-19H2,(H,34,36). The molecule has 1 unspecified atom stereocenters. The van der Waals surface area contributed by atoms with Crippen LogP contribution in [0.15, 0.2) is 78.9 Å². The van der Waals surface area contributed by atoms with Crippen LogP contribution in [0.1, 0.15) is 59.6 Å². The van der Waals surface area contributed by atoms with Crippen molar-refractivity contribution in [2.45, 2.75) is 44.6 Å². The minimum atomic E-state index is -0.294. The lowest BCUT2D eigenvalue weighted by atomic mass is 9.92. The molecule has 1 amide bonds. The van der Waals surface area contributed by atoms with Crippen molar-refractivity contribution >= 4 is 16.8 Å². The number of benzene rings is 3. The van der Waals surface area contributed by atoms with E-state index >= 15 is 0 Å². The zero-order chi connectivity index (χ0) is 24.9. The number of unbranched alkanes of at least 4 members (excludes halogenated alkanes) is 2. The Bertz CT molecular complexity index is 1350. The number of nitrogens with zero attached hydrogens (tertiary/aromatic N) is 1. The summed E-state index contributed by atoms with van der Waals surface area (Å²) >= 11 is 0. The zero-order valence-corrected chi connectivity index (χ0v) is 20.3. The molecule has 1 aromatic heterocycles. The van der Waals surface area contributed by atoms with Gasteiger partial charge in [0.2, 0.25) is 0 Å². The molecule has 0 spiro atoms. The van der Waals surface area contributed by atoms with Crippen LogP contribution in [0, 0.1) is 11.7 Å². The highest BCUT2D eigenvalue weighted by Crippen LogP contribution is 2.42. The fraction of sp³-hybridized carbons (Fsp3) is 0.290. The minimum absolute atomic E-state index is 0.149. The van der Waals surface area contributed by atoms with Gasteiger partial charge in [0.05, 0.1) is 22.8 Å². The molecule has 0 saturated heterocycles. The summed E-state index contributed by atoms with van der Waals surface area (Å²) in [5.41, 5.74) is 4.93. The first-order valence-electron chi connectivity index (χ1n) is 12.8. The van der Waals surface area contributed by atoms with Gasteiger partial charge in [-0.15, -0.1) is 0 Å². The summed E-state index contributed by atoms with van der Waals surface area (Å²) in [4.78, 5) is 19.1. The van der Waals surface area contributed by atoms with Crippen LogP contribution >= 0.6 is 0 Å². The van der Waals surface area contributed by atoms with Gasteiger partial charge < -0.3 is 10.4 Å². The Balaban J connectivity index is 1.61. The number of aliphatic hydroxyl groups excluding tert-OH is 1. The van der Waals surface area contributed by atoms with Crippen molar-refractivity contribution in [1.82, 2.24) is 10.3 Å². The molecule has 2 N–H and O–H groups in total. The van der Waals surface area contributed by atoms with Crippen LogP contribution in [0.4, 0.5) is 4.39 Å². The summed E-state index contributed by atoms with van der Waals surface area (Å²) in [6.45, 7) is 0.158. The molecule has 4 aromatic rings. The predicted octanol–water partition coefficient (Wildman–Crippen LogP) is 6.63. The number of aliphatic hydroxyl groups is 1. The van der Waals surface area contributed by atoms with Gasteiger partial charge >= 0.3 is 0 Å². The van der Waals surface area contributed by atoms with Gasteiger partial charge in [0, 0.05) is 17.6 Å². The summed E-state index contributed by atoms with van der Waals surface area (Å²) in [7, 11) is 0. The molecule has 1 fully saturated rings. The van der Waals surface area contributed by atoms with Crippen molar-refractivity contribution < 1.29 is 14.3 Å². The van der Waals surface area contributed by atoms with Gasteiger partial charge in [0.15, 0.2) is 0 Å². The van der Waals surface area contributed by atoms with Gasteiger partial charge in [-0.1, -0.05) is 67.1 Å². The Morgan fingerprint density at radius 2 is 1.75 bits per heavy atom. The molecule has 5 rings (SSSR count). The number of hydrogen-bond donors (Lipinski definition) is 2. The Labute approximate surface area is 211 Å². The normalized spacial score (nSPS) is 14.1. The third-order valence-corrected chi connectivity index (χ3v) is 6.94. The lowest BCUT2D eigenvalue weighted by Crippen LogP contribution is -2.31.